The van der Waals surface area contributed by atoms with Crippen LogP contribution < -0.4 is 14.2 Å². The van der Waals surface area contributed by atoms with Crippen molar-refractivity contribution in [2.45, 2.75) is 32.2 Å². The molecule has 0 amide bonds. The molecule has 2 aliphatic rings. The third kappa shape index (κ3) is 3.32. The molecule has 4 aromatic rings. The van der Waals surface area contributed by atoms with Crippen molar-refractivity contribution in [3.63, 3.8) is 0 Å². The average molecular weight is 484 g/mol. The summed E-state index contributed by atoms with van der Waals surface area (Å²) in [5.41, 5.74) is 3.89. The minimum Gasteiger partial charge on any atom is -0.497 e. The molecule has 0 saturated carbocycles. The molecule has 36 heavy (non-hydrogen) atoms. The molecule has 0 aliphatic carbocycles. The van der Waals surface area contributed by atoms with Gasteiger partial charge in [0, 0.05) is 59.1 Å². The fraction of sp³-hybridized carbons (Fsp3) is 0.250. The zero-order valence-electron chi connectivity index (χ0n) is 20.4. The first kappa shape index (κ1) is 22.2. The van der Waals surface area contributed by atoms with Gasteiger partial charge in [0.2, 0.25) is 5.78 Å². The van der Waals surface area contributed by atoms with Gasteiger partial charge in [0.05, 0.1) is 19.1 Å². The van der Waals surface area contributed by atoms with Crippen LogP contribution in [0, 0.1) is 0 Å². The molecule has 2 aliphatic heterocycles. The van der Waals surface area contributed by atoms with Crippen molar-refractivity contribution < 1.29 is 23.8 Å². The molecule has 2 aromatic heterocycles. The Morgan fingerprint density at radius 3 is 2.75 bits per heavy atom. The lowest BCUT2D eigenvalue weighted by molar-refractivity contribution is -0.135. The van der Waals surface area contributed by atoms with Gasteiger partial charge in [0.1, 0.15) is 17.2 Å². The molecule has 8 heteroatoms. The first-order chi connectivity index (χ1) is 17.4. The Morgan fingerprint density at radius 1 is 1.14 bits per heavy atom. The second kappa shape index (κ2) is 8.12. The summed E-state index contributed by atoms with van der Waals surface area (Å²) in [5.74, 6) is 0.938. The van der Waals surface area contributed by atoms with Gasteiger partial charge in [0.15, 0.2) is 5.76 Å². The summed E-state index contributed by atoms with van der Waals surface area (Å²) in [4.78, 5) is 25.9. The number of fused-ring (bicyclic) bond motifs is 4. The van der Waals surface area contributed by atoms with Gasteiger partial charge >= 0.3 is 5.97 Å². The van der Waals surface area contributed by atoms with Gasteiger partial charge in [-0.05, 0) is 56.3 Å². The molecule has 0 spiro atoms. The highest BCUT2D eigenvalue weighted by molar-refractivity contribution is 6.15. The molecule has 0 unspecified atom stereocenters. The maximum atomic E-state index is 13.4. The molecule has 0 fully saturated rings. The Hall–Kier alpha value is -4.33. The van der Waals surface area contributed by atoms with Gasteiger partial charge in [-0.3, -0.25) is 14.3 Å². The number of aromatic nitrogens is 3. The molecule has 4 heterocycles. The fourth-order valence-electron chi connectivity index (χ4n) is 5.18. The highest BCUT2D eigenvalue weighted by atomic mass is 16.5. The predicted octanol–water partition coefficient (Wildman–Crippen LogP) is 5.02. The number of methoxy groups -OCH3 is 1. The van der Waals surface area contributed by atoms with Crippen LogP contribution in [0.4, 0.5) is 0 Å². The predicted molar refractivity (Wildman–Crippen MR) is 134 cm³/mol. The zero-order chi connectivity index (χ0) is 25.1. The topological polar surface area (TPSA) is 84.6 Å². The summed E-state index contributed by atoms with van der Waals surface area (Å²) in [6.45, 7) is 4.07. The third-order valence-electron chi connectivity index (χ3n) is 6.84. The summed E-state index contributed by atoms with van der Waals surface area (Å²) >= 11 is 0. The Labute approximate surface area is 207 Å². The van der Waals surface area contributed by atoms with Crippen LogP contribution in [0.15, 0.2) is 54.6 Å². The van der Waals surface area contributed by atoms with E-state index in [2.05, 4.69) is 5.10 Å². The molecule has 0 saturated heterocycles. The van der Waals surface area contributed by atoms with Crippen molar-refractivity contribution in [1.82, 2.24) is 14.3 Å². The number of hydrogen-bond acceptors (Lipinski definition) is 6. The number of Topliss-reactive ketones (excluding diaryl/α,β-unsaturated/α-hetero) is 1. The van der Waals surface area contributed by atoms with Gasteiger partial charge in [-0.15, -0.1) is 0 Å². The fourth-order valence-corrected chi connectivity index (χ4v) is 5.18. The number of carbonyl (C=O) groups is 2. The van der Waals surface area contributed by atoms with E-state index in [0.717, 1.165) is 27.9 Å². The average Bonchev–Trinajstić information content (AvgIpc) is 3.55. The maximum absolute atomic E-state index is 13.4. The Bertz CT molecular complexity index is 1590. The number of aryl methyl sites for hydroxylation is 1. The summed E-state index contributed by atoms with van der Waals surface area (Å²) in [6.07, 6.45) is 5.59. The molecular formula is C28H25N3O5. The number of rotatable bonds is 4. The third-order valence-corrected chi connectivity index (χ3v) is 6.84. The smallest absolute Gasteiger partial charge is 0.312 e. The molecule has 2 aromatic carbocycles. The van der Waals surface area contributed by atoms with Gasteiger partial charge in [0.25, 0.3) is 0 Å². The first-order valence-corrected chi connectivity index (χ1v) is 11.8. The molecule has 182 valence electrons. The van der Waals surface area contributed by atoms with E-state index in [1.54, 1.807) is 31.5 Å². The number of ether oxygens (including phenoxy) is 3. The SMILES string of the molecule is COc1ccc2c(c1)c(/C=C1\Oc3c(ccc4c3[C@@H](c3ccnn3C(C)C)CC(=O)O4)C1=O)cn2C. The van der Waals surface area contributed by atoms with Crippen LogP contribution >= 0.6 is 0 Å². The number of esters is 1. The Balaban J connectivity index is 1.47. The molecular weight excluding hydrogens is 458 g/mol. The van der Waals surface area contributed by atoms with Crippen molar-refractivity contribution in [1.29, 1.82) is 0 Å². The van der Waals surface area contributed by atoms with Gasteiger partial charge in [-0.25, -0.2) is 0 Å². The van der Waals surface area contributed by atoms with Crippen molar-refractivity contribution in [3.05, 3.63) is 76.9 Å². The Kier molecular flexibility index (Phi) is 5.00. The minimum atomic E-state index is -0.338. The summed E-state index contributed by atoms with van der Waals surface area (Å²) in [5, 5.41) is 5.40. The highest BCUT2D eigenvalue weighted by Crippen LogP contribution is 2.49. The molecule has 8 nitrogen and oxygen atoms in total. The van der Waals surface area contributed by atoms with E-state index in [-0.39, 0.29) is 35.9 Å². The van der Waals surface area contributed by atoms with Crippen LogP contribution in [0.25, 0.3) is 17.0 Å². The number of benzene rings is 2. The Morgan fingerprint density at radius 2 is 1.97 bits per heavy atom. The van der Waals surface area contributed by atoms with E-state index >= 15 is 0 Å². The lowest BCUT2D eigenvalue weighted by Gasteiger charge is -2.27. The van der Waals surface area contributed by atoms with E-state index in [4.69, 9.17) is 14.2 Å². The van der Waals surface area contributed by atoms with Crippen LogP contribution in [0.1, 0.15) is 59.4 Å². The van der Waals surface area contributed by atoms with E-state index in [1.807, 2.05) is 60.6 Å². The molecule has 6 rings (SSSR count). The lowest BCUT2D eigenvalue weighted by atomic mass is 9.87. The summed E-state index contributed by atoms with van der Waals surface area (Å²) in [7, 11) is 3.58. The van der Waals surface area contributed by atoms with E-state index in [9.17, 15) is 9.59 Å². The minimum absolute atomic E-state index is 0.106. The highest BCUT2D eigenvalue weighted by Gasteiger charge is 2.39. The van der Waals surface area contributed by atoms with Crippen LogP contribution in [0.3, 0.4) is 0 Å². The van der Waals surface area contributed by atoms with Gasteiger partial charge in [-0.2, -0.15) is 5.10 Å². The van der Waals surface area contributed by atoms with Crippen LogP contribution in [-0.2, 0) is 11.8 Å². The van der Waals surface area contributed by atoms with Crippen molar-refractivity contribution in [3.8, 4) is 17.2 Å². The van der Waals surface area contributed by atoms with Crippen LogP contribution in [0.5, 0.6) is 17.2 Å². The quantitative estimate of drug-likeness (QED) is 0.230. The van der Waals surface area contributed by atoms with Crippen molar-refractivity contribution >= 4 is 28.7 Å². The van der Waals surface area contributed by atoms with Crippen LogP contribution in [0.2, 0.25) is 0 Å². The summed E-state index contributed by atoms with van der Waals surface area (Å²) in [6, 6.07) is 11.2. The van der Waals surface area contributed by atoms with Gasteiger partial charge in [-0.1, -0.05) is 0 Å². The van der Waals surface area contributed by atoms with Crippen LogP contribution in [-0.4, -0.2) is 33.2 Å². The van der Waals surface area contributed by atoms with E-state index in [1.165, 1.54) is 0 Å². The van der Waals surface area contributed by atoms with E-state index in [0.29, 0.717) is 22.6 Å². The largest absolute Gasteiger partial charge is 0.497 e. The molecule has 1 atom stereocenters. The molecule has 0 bridgehead atoms. The first-order valence-electron chi connectivity index (χ1n) is 11.8. The van der Waals surface area contributed by atoms with Gasteiger partial charge < -0.3 is 18.8 Å². The van der Waals surface area contributed by atoms with Crippen molar-refractivity contribution in [2.75, 3.05) is 7.11 Å². The molecule has 0 radical (unpaired) electrons. The second-order valence-electron chi connectivity index (χ2n) is 9.40. The number of ketones is 1. The number of carbonyl (C=O) groups excluding carboxylic acids is 2. The monoisotopic (exact) mass is 483 g/mol. The number of nitrogens with zero attached hydrogens (tertiary/aromatic N) is 3. The maximum Gasteiger partial charge on any atom is 0.312 e. The number of allylic oxidation sites excluding steroid dienone is 1. The van der Waals surface area contributed by atoms with Crippen molar-refractivity contribution in [2.24, 2.45) is 7.05 Å². The normalized spacial score (nSPS) is 17.9. The zero-order valence-corrected chi connectivity index (χ0v) is 20.4. The number of hydrogen-bond donors (Lipinski definition) is 0. The summed E-state index contributed by atoms with van der Waals surface area (Å²) < 4.78 is 21.1. The lowest BCUT2D eigenvalue weighted by Crippen LogP contribution is -2.24. The second-order valence-corrected chi connectivity index (χ2v) is 9.40. The molecule has 0 N–H and O–H groups in total. The standard InChI is InChI=1S/C28H25N3O5/c1-15(2)31-22(9-10-29-31)20-13-25(32)35-23-8-6-18-27(33)24(36-28(18)26(20)23)11-16-14-30(3)21-7-5-17(34-4)12-19(16)21/h5-12,14-15,20H,13H2,1-4H3/b24-11-/t20-/m1/s1. The van der Waals surface area contributed by atoms with E-state index < -0.39 is 0 Å².